The fourth-order valence-corrected chi connectivity index (χ4v) is 5.22. The molecule has 44 heavy (non-hydrogen) atoms. The zero-order chi connectivity index (χ0) is 32.3. The third kappa shape index (κ3) is 21.3. The van der Waals surface area contributed by atoms with Gasteiger partial charge >= 0.3 is 11.9 Å². The molecule has 0 saturated carbocycles. The van der Waals surface area contributed by atoms with Gasteiger partial charge in [0.15, 0.2) is 12.4 Å². The largest absolute Gasteiger partial charge is 0.462 e. The summed E-state index contributed by atoms with van der Waals surface area (Å²) in [4.78, 5) is 24.8. The number of unbranched alkanes of at least 4 members (excludes halogenated alkanes) is 15. The monoisotopic (exact) mass is 628 g/mol. The lowest BCUT2D eigenvalue weighted by molar-refractivity contribution is -0.263. The van der Waals surface area contributed by atoms with E-state index >= 15 is 0 Å². The predicted molar refractivity (Wildman–Crippen MR) is 172 cm³/mol. The first-order chi connectivity index (χ1) is 21.4. The number of hydrogen-bond donors (Lipinski definition) is 3. The summed E-state index contributed by atoms with van der Waals surface area (Å²) in [5, 5.41) is 29.4. The maximum Gasteiger partial charge on any atom is 0.306 e. The van der Waals surface area contributed by atoms with Gasteiger partial charge in [0.2, 0.25) is 0 Å². The summed E-state index contributed by atoms with van der Waals surface area (Å²) < 4.78 is 22.2. The van der Waals surface area contributed by atoms with Crippen LogP contribution in [0.15, 0.2) is 12.2 Å². The lowest BCUT2D eigenvalue weighted by atomic mass is 10.0. The third-order valence-electron chi connectivity index (χ3n) is 8.04. The highest BCUT2D eigenvalue weighted by Gasteiger charge is 2.37. The van der Waals surface area contributed by atoms with Crippen molar-refractivity contribution in [3.05, 3.63) is 12.2 Å². The van der Waals surface area contributed by atoms with Crippen LogP contribution in [0.5, 0.6) is 0 Å². The Morgan fingerprint density at radius 3 is 1.89 bits per heavy atom. The van der Waals surface area contributed by atoms with Crippen molar-refractivity contribution in [3.8, 4) is 0 Å². The van der Waals surface area contributed by atoms with Crippen LogP contribution < -0.4 is 0 Å². The van der Waals surface area contributed by atoms with E-state index in [0.29, 0.717) is 6.42 Å². The van der Waals surface area contributed by atoms with Gasteiger partial charge in [-0.2, -0.15) is 0 Å². The van der Waals surface area contributed by atoms with Crippen LogP contribution in [0.1, 0.15) is 149 Å². The van der Waals surface area contributed by atoms with E-state index in [-0.39, 0.29) is 38.0 Å². The minimum Gasteiger partial charge on any atom is -0.462 e. The van der Waals surface area contributed by atoms with Crippen LogP contribution in [0.2, 0.25) is 0 Å². The first kappa shape index (κ1) is 40.5. The number of aliphatic hydroxyl groups excluding tert-OH is 3. The van der Waals surface area contributed by atoms with Gasteiger partial charge in [-0.1, -0.05) is 103 Å². The lowest BCUT2D eigenvalue weighted by Gasteiger charge is -2.36. The summed E-state index contributed by atoms with van der Waals surface area (Å²) in [7, 11) is 0. The highest BCUT2D eigenvalue weighted by molar-refractivity contribution is 5.70. The molecule has 0 spiro atoms. The molecule has 0 amide bonds. The van der Waals surface area contributed by atoms with E-state index in [1.807, 2.05) is 0 Å². The number of rotatable bonds is 28. The summed E-state index contributed by atoms with van der Waals surface area (Å²) >= 11 is 0. The van der Waals surface area contributed by atoms with E-state index < -0.39 is 37.3 Å². The molecule has 2 unspecified atom stereocenters. The quantitative estimate of drug-likeness (QED) is 0.0493. The fourth-order valence-electron chi connectivity index (χ4n) is 5.22. The highest BCUT2D eigenvalue weighted by atomic mass is 16.7. The Labute approximate surface area is 267 Å². The van der Waals surface area contributed by atoms with Crippen LogP contribution in [-0.2, 0) is 28.5 Å². The predicted octanol–water partition coefficient (Wildman–Crippen LogP) is 6.69. The second-order valence-electron chi connectivity index (χ2n) is 12.2. The van der Waals surface area contributed by atoms with Gasteiger partial charge in [-0.05, 0) is 38.5 Å². The van der Waals surface area contributed by atoms with Crippen molar-refractivity contribution in [3.63, 3.8) is 0 Å². The topological polar surface area (TPSA) is 132 Å². The average Bonchev–Trinajstić information content (AvgIpc) is 3.01. The van der Waals surface area contributed by atoms with Crippen molar-refractivity contribution in [2.45, 2.75) is 179 Å². The molecule has 0 aliphatic carbocycles. The zero-order valence-corrected chi connectivity index (χ0v) is 27.8. The van der Waals surface area contributed by atoms with Gasteiger partial charge in [0.25, 0.3) is 0 Å². The Bertz CT molecular complexity index is 729. The lowest BCUT2D eigenvalue weighted by Crippen LogP contribution is -2.51. The number of aliphatic hydroxyl groups is 3. The van der Waals surface area contributed by atoms with Crippen LogP contribution >= 0.6 is 0 Å². The minimum absolute atomic E-state index is 0.00604. The molecule has 1 saturated heterocycles. The van der Waals surface area contributed by atoms with Crippen molar-refractivity contribution in [1.29, 1.82) is 0 Å². The van der Waals surface area contributed by atoms with Gasteiger partial charge in [-0.15, -0.1) is 0 Å². The van der Waals surface area contributed by atoms with Gasteiger partial charge < -0.3 is 34.3 Å². The Morgan fingerprint density at radius 2 is 1.27 bits per heavy atom. The second-order valence-corrected chi connectivity index (χ2v) is 12.2. The van der Waals surface area contributed by atoms with Crippen molar-refractivity contribution in [2.24, 2.45) is 0 Å². The van der Waals surface area contributed by atoms with Gasteiger partial charge in [-0.3, -0.25) is 9.59 Å². The average molecular weight is 629 g/mol. The molecule has 1 fully saturated rings. The van der Waals surface area contributed by atoms with Gasteiger partial charge in [0.1, 0.15) is 18.8 Å². The normalized spacial score (nSPS) is 21.0. The molecular formula is C35H64O9. The zero-order valence-electron chi connectivity index (χ0n) is 27.8. The van der Waals surface area contributed by atoms with Crippen molar-refractivity contribution in [2.75, 3.05) is 19.8 Å². The van der Waals surface area contributed by atoms with Crippen LogP contribution in [0.25, 0.3) is 0 Å². The Hall–Kier alpha value is -1.52. The van der Waals surface area contributed by atoms with Gasteiger partial charge in [0.05, 0.1) is 19.3 Å². The van der Waals surface area contributed by atoms with E-state index in [1.165, 1.54) is 64.2 Å². The molecule has 1 aliphatic rings. The van der Waals surface area contributed by atoms with E-state index in [4.69, 9.17) is 18.9 Å². The number of hydrogen-bond acceptors (Lipinski definition) is 9. The summed E-state index contributed by atoms with van der Waals surface area (Å²) in [6.07, 6.45) is 20.6. The second kappa shape index (κ2) is 27.8. The molecule has 0 aromatic rings. The Kier molecular flexibility index (Phi) is 25.6. The first-order valence-electron chi connectivity index (χ1n) is 17.6. The summed E-state index contributed by atoms with van der Waals surface area (Å²) in [5.41, 5.74) is 0. The van der Waals surface area contributed by atoms with E-state index in [9.17, 15) is 24.9 Å². The fraction of sp³-hybridized carbons (Fsp3) is 0.886. The number of carbonyl (C=O) groups excluding carboxylic acids is 2. The molecule has 0 aromatic heterocycles. The van der Waals surface area contributed by atoms with Gasteiger partial charge in [-0.25, -0.2) is 0 Å². The van der Waals surface area contributed by atoms with E-state index in [2.05, 4.69) is 26.0 Å². The molecule has 1 aliphatic heterocycles. The van der Waals surface area contributed by atoms with Crippen LogP contribution in [-0.4, -0.2) is 77.8 Å². The summed E-state index contributed by atoms with van der Waals surface area (Å²) in [6.45, 7) is 3.67. The van der Waals surface area contributed by atoms with Crippen molar-refractivity contribution in [1.82, 2.24) is 0 Å². The van der Waals surface area contributed by atoms with E-state index in [1.54, 1.807) is 0 Å². The van der Waals surface area contributed by atoms with Gasteiger partial charge in [0, 0.05) is 19.3 Å². The molecule has 1 rings (SSSR count). The molecule has 1 heterocycles. The number of esters is 2. The molecule has 0 radical (unpaired) electrons. The van der Waals surface area contributed by atoms with Crippen LogP contribution in [0.3, 0.4) is 0 Å². The first-order valence-corrected chi connectivity index (χ1v) is 17.6. The van der Waals surface area contributed by atoms with Crippen LogP contribution in [0.4, 0.5) is 0 Å². The number of carbonyl (C=O) groups is 2. The maximum absolute atomic E-state index is 12.4. The standard InChI is InChI=1S/C35H64O9/c1-3-5-7-9-10-11-12-13-14-15-16-17-18-20-21-23-32(38)41-27-29(43-33(39)24-22-19-8-6-4-2)28-42-34-25-30(37)35(40)31(26-36)44-34/h10-11,29-31,34-37,40H,3-9,12-28H2,1-2H3/b11-10-/t29?,30-,31-,34?,35-/m1/s1. The Morgan fingerprint density at radius 1 is 0.750 bits per heavy atom. The molecule has 0 aromatic carbocycles. The number of ether oxygens (including phenoxy) is 4. The summed E-state index contributed by atoms with van der Waals surface area (Å²) in [5.74, 6) is -0.709. The smallest absolute Gasteiger partial charge is 0.306 e. The third-order valence-corrected chi connectivity index (χ3v) is 8.04. The molecule has 0 bridgehead atoms. The Balaban J connectivity index is 2.28. The molecule has 9 heteroatoms. The van der Waals surface area contributed by atoms with Crippen LogP contribution in [0, 0.1) is 0 Å². The molecule has 9 nitrogen and oxygen atoms in total. The molecule has 3 N–H and O–H groups in total. The van der Waals surface area contributed by atoms with Crippen molar-refractivity contribution >= 4 is 11.9 Å². The molecular weight excluding hydrogens is 564 g/mol. The minimum atomic E-state index is -1.21. The maximum atomic E-state index is 12.4. The number of allylic oxidation sites excluding steroid dienone is 2. The SMILES string of the molecule is CCCCC/C=C\CCCCCCCCCCC(=O)OCC(COC1C[C@@H](O)[C@@H](O)[C@@H](CO)O1)OC(=O)CCCCCCC. The van der Waals surface area contributed by atoms with Crippen molar-refractivity contribution < 1.29 is 43.9 Å². The molecule has 258 valence electrons. The summed E-state index contributed by atoms with van der Waals surface area (Å²) in [6, 6.07) is 0. The van der Waals surface area contributed by atoms with E-state index in [0.717, 1.165) is 51.4 Å². The highest BCUT2D eigenvalue weighted by Crippen LogP contribution is 2.22. The molecule has 5 atom stereocenters.